The van der Waals surface area contributed by atoms with Gasteiger partial charge in [-0.2, -0.15) is 0 Å². The Kier molecular flexibility index (Phi) is 4.62. The van der Waals surface area contributed by atoms with Crippen LogP contribution in [0.3, 0.4) is 0 Å². The predicted molar refractivity (Wildman–Crippen MR) is 98.2 cm³/mol. The Balaban J connectivity index is 1.96. The molecule has 0 saturated carbocycles. The van der Waals surface area contributed by atoms with Crippen LogP contribution in [0.1, 0.15) is 9.67 Å². The van der Waals surface area contributed by atoms with E-state index in [1.54, 1.807) is 26.5 Å². The molecule has 0 radical (unpaired) electrons. The standard InChI is InChI=1S/C17H17N3O4S/c1-22-11-4-9(5-12(7-11)23-2)20-10-6-13-15(19-8-10)14(18)16(25-13)17(21)24-3/h4-8,20H,18H2,1-3H3. The number of hydrogen-bond donors (Lipinski definition) is 2. The molecule has 7 nitrogen and oxygen atoms in total. The summed E-state index contributed by atoms with van der Waals surface area (Å²) in [6.07, 6.45) is 1.65. The summed E-state index contributed by atoms with van der Waals surface area (Å²) in [4.78, 5) is 16.5. The number of nitrogens with two attached hydrogens (primary N) is 1. The van der Waals surface area contributed by atoms with Crippen LogP contribution in [0.25, 0.3) is 10.2 Å². The first-order valence-corrected chi connectivity index (χ1v) is 8.13. The van der Waals surface area contributed by atoms with Crippen LogP contribution in [0.4, 0.5) is 17.1 Å². The predicted octanol–water partition coefficient (Wildman–Crippen LogP) is 3.43. The van der Waals surface area contributed by atoms with Crippen LogP contribution in [0.15, 0.2) is 30.5 Å². The smallest absolute Gasteiger partial charge is 0.350 e. The van der Waals surface area contributed by atoms with Crippen molar-refractivity contribution in [2.45, 2.75) is 0 Å². The Morgan fingerprint density at radius 1 is 1.08 bits per heavy atom. The summed E-state index contributed by atoms with van der Waals surface area (Å²) in [5.41, 5.74) is 8.44. The minimum atomic E-state index is -0.465. The van der Waals surface area contributed by atoms with Crippen molar-refractivity contribution >= 4 is 44.6 Å². The summed E-state index contributed by atoms with van der Waals surface area (Å²) >= 11 is 1.25. The molecule has 0 fully saturated rings. The molecule has 0 spiro atoms. The topological polar surface area (TPSA) is 95.7 Å². The summed E-state index contributed by atoms with van der Waals surface area (Å²) in [5, 5.41) is 3.24. The van der Waals surface area contributed by atoms with E-state index in [9.17, 15) is 4.79 Å². The van der Waals surface area contributed by atoms with Crippen LogP contribution in [-0.4, -0.2) is 32.3 Å². The number of thiophene rings is 1. The summed E-state index contributed by atoms with van der Waals surface area (Å²) in [7, 11) is 4.51. The summed E-state index contributed by atoms with van der Waals surface area (Å²) < 4.78 is 16.1. The molecule has 0 amide bonds. The number of hydrogen-bond acceptors (Lipinski definition) is 8. The maximum Gasteiger partial charge on any atom is 0.350 e. The van der Waals surface area contributed by atoms with Crippen molar-refractivity contribution in [2.24, 2.45) is 0 Å². The number of methoxy groups -OCH3 is 3. The Labute approximate surface area is 148 Å². The maximum atomic E-state index is 11.8. The van der Waals surface area contributed by atoms with Gasteiger partial charge in [0.2, 0.25) is 0 Å². The monoisotopic (exact) mass is 359 g/mol. The molecule has 0 aliphatic heterocycles. The number of carbonyl (C=O) groups excluding carboxylic acids is 1. The lowest BCUT2D eigenvalue weighted by molar-refractivity contribution is 0.0607. The number of anilines is 3. The fourth-order valence-electron chi connectivity index (χ4n) is 2.36. The van der Waals surface area contributed by atoms with Crippen LogP contribution in [0, 0.1) is 0 Å². The molecule has 1 aromatic carbocycles. The molecule has 0 aliphatic carbocycles. The highest BCUT2D eigenvalue weighted by molar-refractivity contribution is 7.21. The van der Waals surface area contributed by atoms with Crippen molar-refractivity contribution in [3.63, 3.8) is 0 Å². The maximum absolute atomic E-state index is 11.8. The molecule has 8 heteroatoms. The number of nitrogens with zero attached hydrogens (tertiary/aromatic N) is 1. The average Bonchev–Trinajstić information content (AvgIpc) is 2.96. The van der Waals surface area contributed by atoms with Gasteiger partial charge in [0.05, 0.1) is 43.6 Å². The summed E-state index contributed by atoms with van der Waals surface area (Å²) in [6.45, 7) is 0. The minimum Gasteiger partial charge on any atom is -0.497 e. The number of pyridine rings is 1. The first-order chi connectivity index (χ1) is 12.0. The fraction of sp³-hybridized carbons (Fsp3) is 0.176. The van der Waals surface area contributed by atoms with Crippen molar-refractivity contribution in [1.82, 2.24) is 4.98 Å². The molecule has 2 aromatic heterocycles. The van der Waals surface area contributed by atoms with Gasteiger partial charge in [-0.3, -0.25) is 4.98 Å². The lowest BCUT2D eigenvalue weighted by atomic mass is 10.2. The van der Waals surface area contributed by atoms with Gasteiger partial charge in [-0.25, -0.2) is 4.79 Å². The third-order valence-electron chi connectivity index (χ3n) is 3.58. The molecule has 3 N–H and O–H groups in total. The SMILES string of the molecule is COC(=O)c1sc2cc(Nc3cc(OC)cc(OC)c3)cnc2c1N. The van der Waals surface area contributed by atoms with Crippen molar-refractivity contribution in [2.75, 3.05) is 32.4 Å². The molecule has 3 aromatic rings. The fourth-order valence-corrected chi connectivity index (χ4v) is 3.39. The van der Waals surface area contributed by atoms with Crippen molar-refractivity contribution in [1.29, 1.82) is 0 Å². The number of benzene rings is 1. The Hall–Kier alpha value is -3.00. The number of fused-ring (bicyclic) bond motifs is 1. The van der Waals surface area contributed by atoms with Gasteiger partial charge < -0.3 is 25.3 Å². The van der Waals surface area contributed by atoms with Crippen LogP contribution in [-0.2, 0) is 4.74 Å². The van der Waals surface area contributed by atoms with E-state index in [-0.39, 0.29) is 0 Å². The highest BCUT2D eigenvalue weighted by atomic mass is 32.1. The van der Waals surface area contributed by atoms with E-state index in [0.29, 0.717) is 27.6 Å². The number of nitrogens with one attached hydrogen (secondary N) is 1. The molecular formula is C17H17N3O4S. The Morgan fingerprint density at radius 2 is 1.76 bits per heavy atom. The molecule has 0 aliphatic rings. The molecule has 0 bridgehead atoms. The zero-order valence-corrected chi connectivity index (χ0v) is 14.8. The highest BCUT2D eigenvalue weighted by Crippen LogP contribution is 2.35. The third-order valence-corrected chi connectivity index (χ3v) is 4.70. The Morgan fingerprint density at radius 3 is 2.36 bits per heavy atom. The zero-order chi connectivity index (χ0) is 18.0. The number of nitrogen functional groups attached to an aromatic ring is 1. The van der Waals surface area contributed by atoms with Crippen LogP contribution >= 0.6 is 11.3 Å². The molecular weight excluding hydrogens is 342 g/mol. The first-order valence-electron chi connectivity index (χ1n) is 7.32. The molecule has 130 valence electrons. The second-order valence-corrected chi connectivity index (χ2v) is 6.19. The van der Waals surface area contributed by atoms with Gasteiger partial charge in [-0.05, 0) is 6.07 Å². The van der Waals surface area contributed by atoms with Crippen LogP contribution < -0.4 is 20.5 Å². The second kappa shape index (κ2) is 6.86. The number of aromatic nitrogens is 1. The molecule has 0 unspecified atom stereocenters. The van der Waals surface area contributed by atoms with Crippen molar-refractivity contribution in [3.05, 3.63) is 35.3 Å². The van der Waals surface area contributed by atoms with E-state index in [4.69, 9.17) is 19.9 Å². The van der Waals surface area contributed by atoms with E-state index < -0.39 is 5.97 Å². The summed E-state index contributed by atoms with van der Waals surface area (Å²) in [5.74, 6) is 0.876. The van der Waals surface area contributed by atoms with Crippen molar-refractivity contribution < 1.29 is 19.0 Å². The molecule has 25 heavy (non-hydrogen) atoms. The van der Waals surface area contributed by atoms with E-state index in [1.165, 1.54) is 18.4 Å². The van der Waals surface area contributed by atoms with Gasteiger partial charge in [-0.15, -0.1) is 11.3 Å². The van der Waals surface area contributed by atoms with Gasteiger partial charge in [0.25, 0.3) is 0 Å². The van der Waals surface area contributed by atoms with Gasteiger partial charge in [0, 0.05) is 23.9 Å². The second-order valence-electron chi connectivity index (χ2n) is 5.13. The van der Waals surface area contributed by atoms with Crippen LogP contribution in [0.2, 0.25) is 0 Å². The molecule has 0 atom stereocenters. The molecule has 2 heterocycles. The molecule has 3 rings (SSSR count). The largest absolute Gasteiger partial charge is 0.497 e. The summed E-state index contributed by atoms with van der Waals surface area (Å²) in [6, 6.07) is 7.35. The van der Waals surface area contributed by atoms with Gasteiger partial charge >= 0.3 is 5.97 Å². The Bertz CT molecular complexity index is 917. The number of esters is 1. The van der Waals surface area contributed by atoms with E-state index in [0.717, 1.165) is 16.1 Å². The lowest BCUT2D eigenvalue weighted by Crippen LogP contribution is -2.01. The van der Waals surface area contributed by atoms with E-state index >= 15 is 0 Å². The van der Waals surface area contributed by atoms with Gasteiger partial charge in [-0.1, -0.05) is 0 Å². The number of carbonyl (C=O) groups is 1. The quantitative estimate of drug-likeness (QED) is 0.674. The average molecular weight is 359 g/mol. The number of rotatable bonds is 5. The van der Waals surface area contributed by atoms with Crippen molar-refractivity contribution in [3.8, 4) is 11.5 Å². The zero-order valence-electron chi connectivity index (χ0n) is 14.0. The lowest BCUT2D eigenvalue weighted by Gasteiger charge is -2.10. The molecule has 0 saturated heterocycles. The number of ether oxygens (including phenoxy) is 3. The highest BCUT2D eigenvalue weighted by Gasteiger charge is 2.18. The third kappa shape index (κ3) is 3.29. The minimum absolute atomic E-state index is 0.335. The van der Waals surface area contributed by atoms with Gasteiger partial charge in [0.1, 0.15) is 21.9 Å². The normalized spacial score (nSPS) is 10.5. The van der Waals surface area contributed by atoms with Crippen LogP contribution in [0.5, 0.6) is 11.5 Å². The van der Waals surface area contributed by atoms with E-state index in [2.05, 4.69) is 10.3 Å². The first kappa shape index (κ1) is 16.8. The van der Waals surface area contributed by atoms with Gasteiger partial charge in [0.15, 0.2) is 0 Å². The van der Waals surface area contributed by atoms with E-state index in [1.807, 2.05) is 18.2 Å².